The molecule has 0 radical (unpaired) electrons. The number of anilines is 1. The molecule has 0 unspecified atom stereocenters. The highest BCUT2D eigenvalue weighted by Gasteiger charge is 2.22. The van der Waals surface area contributed by atoms with Crippen molar-refractivity contribution in [3.05, 3.63) is 18.3 Å². The van der Waals surface area contributed by atoms with E-state index in [4.69, 9.17) is 4.74 Å². The molecule has 0 bridgehead atoms. The highest BCUT2D eigenvalue weighted by Crippen LogP contribution is 2.21. The molecule has 1 aliphatic heterocycles. The van der Waals surface area contributed by atoms with E-state index in [1.165, 1.54) is 0 Å². The summed E-state index contributed by atoms with van der Waals surface area (Å²) in [6, 6.07) is 3.48. The first kappa shape index (κ1) is 11.9. The number of aromatic nitrogens is 1. The first-order valence-corrected chi connectivity index (χ1v) is 5.93. The van der Waals surface area contributed by atoms with Crippen LogP contribution in [0.4, 0.5) is 5.69 Å². The van der Waals surface area contributed by atoms with E-state index in [-0.39, 0.29) is 11.9 Å². The molecular formula is C12H17N3O2. The normalized spacial score (nSPS) is 19.0. The maximum Gasteiger partial charge on any atom is 0.241 e. The molecule has 5 nitrogen and oxygen atoms in total. The van der Waals surface area contributed by atoms with Crippen LogP contribution in [0.2, 0.25) is 0 Å². The molecule has 1 fully saturated rings. The molecule has 5 heteroatoms. The van der Waals surface area contributed by atoms with Crippen LogP contribution in [0.1, 0.15) is 19.8 Å². The second-order valence-electron chi connectivity index (χ2n) is 3.93. The molecule has 0 saturated carbocycles. The van der Waals surface area contributed by atoms with Gasteiger partial charge in [0.1, 0.15) is 5.69 Å². The van der Waals surface area contributed by atoms with Crippen molar-refractivity contribution in [1.29, 1.82) is 0 Å². The van der Waals surface area contributed by atoms with Crippen LogP contribution in [-0.2, 0) is 4.79 Å². The Morgan fingerprint density at radius 3 is 3.29 bits per heavy atom. The summed E-state index contributed by atoms with van der Waals surface area (Å²) in [5, 5.41) is 6.00. The summed E-state index contributed by atoms with van der Waals surface area (Å²) in [6.45, 7) is 3.32. The summed E-state index contributed by atoms with van der Waals surface area (Å²) in [7, 11) is 0. The van der Waals surface area contributed by atoms with Crippen LogP contribution in [0.5, 0.6) is 5.88 Å². The van der Waals surface area contributed by atoms with Gasteiger partial charge in [-0.2, -0.15) is 0 Å². The predicted molar refractivity (Wildman–Crippen MR) is 65.1 cm³/mol. The molecule has 1 aromatic heterocycles. The van der Waals surface area contributed by atoms with Crippen molar-refractivity contribution < 1.29 is 9.53 Å². The Kier molecular flexibility index (Phi) is 3.93. The van der Waals surface area contributed by atoms with Crippen molar-refractivity contribution in [2.75, 3.05) is 18.5 Å². The molecule has 1 saturated heterocycles. The smallest absolute Gasteiger partial charge is 0.241 e. The highest BCUT2D eigenvalue weighted by atomic mass is 16.5. The van der Waals surface area contributed by atoms with Gasteiger partial charge in [0, 0.05) is 6.20 Å². The number of rotatable bonds is 4. The second-order valence-corrected chi connectivity index (χ2v) is 3.93. The van der Waals surface area contributed by atoms with Crippen molar-refractivity contribution in [1.82, 2.24) is 10.3 Å². The number of amides is 1. The Labute approximate surface area is 101 Å². The first-order valence-electron chi connectivity index (χ1n) is 5.93. The zero-order chi connectivity index (χ0) is 12.1. The van der Waals surface area contributed by atoms with E-state index < -0.39 is 0 Å². The van der Waals surface area contributed by atoms with E-state index in [2.05, 4.69) is 15.6 Å². The fraction of sp³-hybridized carbons (Fsp3) is 0.500. The summed E-state index contributed by atoms with van der Waals surface area (Å²) in [5.74, 6) is 0.456. The molecule has 0 spiro atoms. The van der Waals surface area contributed by atoms with E-state index in [0.717, 1.165) is 19.4 Å². The largest absolute Gasteiger partial charge is 0.476 e. The van der Waals surface area contributed by atoms with Crippen LogP contribution in [0, 0.1) is 0 Å². The van der Waals surface area contributed by atoms with Gasteiger partial charge in [-0.05, 0) is 38.4 Å². The predicted octanol–water partition coefficient (Wildman–Crippen LogP) is 1.17. The van der Waals surface area contributed by atoms with E-state index >= 15 is 0 Å². The van der Waals surface area contributed by atoms with Crippen molar-refractivity contribution in [3.63, 3.8) is 0 Å². The molecule has 0 aliphatic carbocycles. The minimum absolute atomic E-state index is 0.0172. The Hall–Kier alpha value is -1.62. The zero-order valence-corrected chi connectivity index (χ0v) is 9.90. The van der Waals surface area contributed by atoms with Gasteiger partial charge in [0.2, 0.25) is 11.8 Å². The quantitative estimate of drug-likeness (QED) is 0.822. The molecule has 1 amide bonds. The van der Waals surface area contributed by atoms with Gasteiger partial charge in [0.05, 0.1) is 12.6 Å². The van der Waals surface area contributed by atoms with Crippen LogP contribution in [0.25, 0.3) is 0 Å². The Bertz CT molecular complexity index is 389. The Morgan fingerprint density at radius 1 is 1.71 bits per heavy atom. The number of ether oxygens (including phenoxy) is 1. The van der Waals surface area contributed by atoms with Crippen molar-refractivity contribution in [2.45, 2.75) is 25.8 Å². The van der Waals surface area contributed by atoms with Crippen LogP contribution in [0.15, 0.2) is 18.3 Å². The van der Waals surface area contributed by atoms with Gasteiger partial charge in [-0.1, -0.05) is 0 Å². The molecule has 2 heterocycles. The van der Waals surface area contributed by atoms with Crippen LogP contribution in [0.3, 0.4) is 0 Å². The topological polar surface area (TPSA) is 63.2 Å². The third-order valence-corrected chi connectivity index (χ3v) is 2.69. The van der Waals surface area contributed by atoms with Gasteiger partial charge in [-0.15, -0.1) is 0 Å². The third kappa shape index (κ3) is 2.94. The Morgan fingerprint density at radius 2 is 2.59 bits per heavy atom. The number of carbonyl (C=O) groups excluding carboxylic acids is 1. The molecule has 2 N–H and O–H groups in total. The summed E-state index contributed by atoms with van der Waals surface area (Å²) in [5.41, 5.74) is 0.632. The Balaban J connectivity index is 2.04. The monoisotopic (exact) mass is 235 g/mol. The van der Waals surface area contributed by atoms with Crippen LogP contribution < -0.4 is 15.4 Å². The second kappa shape index (κ2) is 5.63. The SMILES string of the molecule is CCOc1ncccc1NC(=O)[C@H]1CCCN1. The van der Waals surface area contributed by atoms with E-state index in [1.807, 2.05) is 6.92 Å². The van der Waals surface area contributed by atoms with Gasteiger partial charge in [0.15, 0.2) is 0 Å². The van der Waals surface area contributed by atoms with Gasteiger partial charge in [-0.25, -0.2) is 4.98 Å². The summed E-state index contributed by atoms with van der Waals surface area (Å²) < 4.78 is 5.35. The fourth-order valence-electron chi connectivity index (χ4n) is 1.87. The summed E-state index contributed by atoms with van der Waals surface area (Å²) in [6.07, 6.45) is 3.58. The molecule has 1 aliphatic rings. The maximum atomic E-state index is 11.9. The fourth-order valence-corrected chi connectivity index (χ4v) is 1.87. The molecule has 0 aromatic carbocycles. The van der Waals surface area contributed by atoms with E-state index in [9.17, 15) is 4.79 Å². The molecule has 17 heavy (non-hydrogen) atoms. The van der Waals surface area contributed by atoms with E-state index in [0.29, 0.717) is 18.2 Å². The van der Waals surface area contributed by atoms with Gasteiger partial charge in [0.25, 0.3) is 0 Å². The highest BCUT2D eigenvalue weighted by molar-refractivity contribution is 5.95. The van der Waals surface area contributed by atoms with Gasteiger partial charge < -0.3 is 15.4 Å². The number of nitrogens with zero attached hydrogens (tertiary/aromatic N) is 1. The standard InChI is InChI=1S/C12H17N3O2/c1-2-17-12-10(6-4-8-14-12)15-11(16)9-5-3-7-13-9/h4,6,8-9,13H,2-3,5,7H2,1H3,(H,15,16)/t9-/m1/s1. The lowest BCUT2D eigenvalue weighted by Crippen LogP contribution is -2.35. The lowest BCUT2D eigenvalue weighted by Gasteiger charge is -2.13. The van der Waals surface area contributed by atoms with E-state index in [1.54, 1.807) is 18.3 Å². The average Bonchev–Trinajstić information content (AvgIpc) is 2.85. The van der Waals surface area contributed by atoms with Crippen molar-refractivity contribution >= 4 is 11.6 Å². The third-order valence-electron chi connectivity index (χ3n) is 2.69. The molecular weight excluding hydrogens is 218 g/mol. The number of nitrogens with one attached hydrogen (secondary N) is 2. The number of pyridine rings is 1. The van der Waals surface area contributed by atoms with Crippen LogP contribution >= 0.6 is 0 Å². The number of carbonyl (C=O) groups is 1. The molecule has 1 atom stereocenters. The molecule has 92 valence electrons. The minimum atomic E-state index is -0.0929. The lowest BCUT2D eigenvalue weighted by atomic mass is 10.2. The van der Waals surface area contributed by atoms with Gasteiger partial charge >= 0.3 is 0 Å². The number of hydrogen-bond donors (Lipinski definition) is 2. The average molecular weight is 235 g/mol. The lowest BCUT2D eigenvalue weighted by molar-refractivity contribution is -0.117. The van der Waals surface area contributed by atoms with Crippen LogP contribution in [-0.4, -0.2) is 30.1 Å². The minimum Gasteiger partial charge on any atom is -0.476 e. The maximum absolute atomic E-state index is 11.9. The number of hydrogen-bond acceptors (Lipinski definition) is 4. The van der Waals surface area contributed by atoms with Crippen molar-refractivity contribution in [3.8, 4) is 5.88 Å². The molecule has 2 rings (SSSR count). The van der Waals surface area contributed by atoms with Gasteiger partial charge in [-0.3, -0.25) is 4.79 Å². The summed E-state index contributed by atoms with van der Waals surface area (Å²) >= 11 is 0. The van der Waals surface area contributed by atoms with Crippen molar-refractivity contribution in [2.24, 2.45) is 0 Å². The first-order chi connectivity index (χ1) is 8.31. The zero-order valence-electron chi connectivity index (χ0n) is 9.90. The molecule has 1 aromatic rings. The summed E-state index contributed by atoms with van der Waals surface area (Å²) in [4.78, 5) is 16.0.